The highest BCUT2D eigenvalue weighted by atomic mass is 31.2. The lowest BCUT2D eigenvalue weighted by Gasteiger charge is -2.25. The first-order chi connectivity index (χ1) is 20.1. The fraction of sp³-hybridized carbons (Fsp3) is 0.481. The highest BCUT2D eigenvalue weighted by Gasteiger charge is 2.58. The Labute approximate surface area is 242 Å². The number of nitrogens with zero attached hydrogens (tertiary/aromatic N) is 4. The summed E-state index contributed by atoms with van der Waals surface area (Å²) in [5.41, 5.74) is 4.28. The van der Waals surface area contributed by atoms with Crippen LogP contribution in [0, 0.1) is 17.2 Å². The van der Waals surface area contributed by atoms with Gasteiger partial charge in [0.25, 0.3) is 0 Å². The molecule has 3 heterocycles. The Morgan fingerprint density at radius 2 is 1.98 bits per heavy atom. The van der Waals surface area contributed by atoms with E-state index in [9.17, 15) is 24.8 Å². The summed E-state index contributed by atoms with van der Waals surface area (Å²) < 4.78 is 37.8. The van der Waals surface area contributed by atoms with Gasteiger partial charge < -0.3 is 29.9 Å². The molecule has 0 unspecified atom stereocenters. The molecular formula is C27H35N6O8P. The molecule has 1 aromatic carbocycles. The fourth-order valence-electron chi connectivity index (χ4n) is 4.57. The number of para-hydroxylation sites is 1. The number of anilines is 1. The Morgan fingerprint density at radius 1 is 1.26 bits per heavy atom. The number of carbonyl (C=O) groups excluding carboxylic acids is 1. The van der Waals surface area contributed by atoms with E-state index in [0.29, 0.717) is 5.52 Å². The Balaban J connectivity index is 1.53. The van der Waals surface area contributed by atoms with Crippen LogP contribution in [0.25, 0.3) is 5.52 Å². The molecule has 2 aromatic heterocycles. The molecule has 0 saturated carbocycles. The van der Waals surface area contributed by atoms with E-state index in [1.54, 1.807) is 36.4 Å². The number of carbonyl (C=O) groups is 1. The number of rotatable bonds is 13. The highest BCUT2D eigenvalue weighted by Crippen LogP contribution is 2.47. The second-order valence-electron chi connectivity index (χ2n) is 9.96. The van der Waals surface area contributed by atoms with E-state index in [0.717, 1.165) is 12.8 Å². The average Bonchev–Trinajstić information content (AvgIpc) is 3.53. The number of nitrogens with one attached hydrogen (secondary N) is 1. The summed E-state index contributed by atoms with van der Waals surface area (Å²) in [6.45, 7) is 5.08. The third kappa shape index (κ3) is 6.42. The molecule has 1 fully saturated rings. The van der Waals surface area contributed by atoms with Gasteiger partial charge in [-0.3, -0.25) is 9.32 Å². The van der Waals surface area contributed by atoms with E-state index < -0.39 is 50.3 Å². The monoisotopic (exact) mass is 602 g/mol. The standard InChI is InChI=1S/C27H35N6O8P/c1-4-18(5-2)13-38-26(36)17(3)32-42(37,41-19-9-7-6-8-10-19)39-14-21-23(34)24(35)27(15-28,40-21)22-12-11-20-25(29)30-16-31-33(20)22/h6-12,16-18,21,23-24,34-35H,4-5,13-14H2,1-3H3,(H,32,37)(H2,29,30,31)/t17-,21+,23+,24+,27+,42-/m0/s1. The van der Waals surface area contributed by atoms with Crippen LogP contribution in [0.1, 0.15) is 39.3 Å². The van der Waals surface area contributed by atoms with E-state index in [1.165, 1.54) is 23.8 Å². The minimum absolute atomic E-state index is 0.0961. The molecule has 0 aliphatic carbocycles. The van der Waals surface area contributed by atoms with Gasteiger partial charge in [0.05, 0.1) is 18.9 Å². The first-order valence-corrected chi connectivity index (χ1v) is 15.1. The first kappa shape index (κ1) is 31.4. The third-order valence-electron chi connectivity index (χ3n) is 7.19. The van der Waals surface area contributed by atoms with Crippen molar-refractivity contribution in [1.82, 2.24) is 19.7 Å². The second kappa shape index (κ2) is 13.2. The number of ether oxygens (including phenoxy) is 2. The molecule has 42 heavy (non-hydrogen) atoms. The van der Waals surface area contributed by atoms with Crippen molar-refractivity contribution in [1.29, 1.82) is 5.26 Å². The Morgan fingerprint density at radius 3 is 2.64 bits per heavy atom. The van der Waals surface area contributed by atoms with Gasteiger partial charge in [-0.2, -0.15) is 15.4 Å². The van der Waals surface area contributed by atoms with Crippen LogP contribution < -0.4 is 15.3 Å². The average molecular weight is 603 g/mol. The summed E-state index contributed by atoms with van der Waals surface area (Å²) in [6.07, 6.45) is -1.87. The SMILES string of the molecule is CCC(CC)COC(=O)[C@H](C)N[P@](=O)(OC[C@H]1O[C@](C#N)(c2ccc3c(N)ncnn23)[C@H](O)[C@@H]1O)Oc1ccccc1. The van der Waals surface area contributed by atoms with Crippen LogP contribution in [0.2, 0.25) is 0 Å². The maximum atomic E-state index is 13.9. The summed E-state index contributed by atoms with van der Waals surface area (Å²) in [7, 11) is -4.32. The Bertz CT molecular complexity index is 1460. The minimum Gasteiger partial charge on any atom is -0.464 e. The summed E-state index contributed by atoms with van der Waals surface area (Å²) in [4.78, 5) is 16.6. The summed E-state index contributed by atoms with van der Waals surface area (Å²) in [5.74, 6) is -0.143. The van der Waals surface area contributed by atoms with Gasteiger partial charge in [-0.05, 0) is 37.1 Å². The molecule has 15 heteroatoms. The van der Waals surface area contributed by atoms with Gasteiger partial charge in [0.15, 0.2) is 5.82 Å². The molecule has 4 rings (SSSR count). The van der Waals surface area contributed by atoms with Crippen molar-refractivity contribution in [2.75, 3.05) is 18.9 Å². The number of aromatic nitrogens is 3. The summed E-state index contributed by atoms with van der Waals surface area (Å²) in [5, 5.41) is 38.7. The number of nitriles is 1. The number of nitrogens with two attached hydrogens (primary N) is 1. The number of hydrogen-bond donors (Lipinski definition) is 4. The van der Waals surface area contributed by atoms with Gasteiger partial charge in [-0.25, -0.2) is 14.1 Å². The second-order valence-corrected chi connectivity index (χ2v) is 11.7. The van der Waals surface area contributed by atoms with Crippen molar-refractivity contribution in [2.45, 2.75) is 63.6 Å². The minimum atomic E-state index is -4.32. The summed E-state index contributed by atoms with van der Waals surface area (Å²) >= 11 is 0. The van der Waals surface area contributed by atoms with Crippen LogP contribution >= 0.6 is 7.75 Å². The predicted molar refractivity (Wildman–Crippen MR) is 150 cm³/mol. The molecule has 1 aliphatic rings. The quantitative estimate of drug-likeness (QED) is 0.164. The van der Waals surface area contributed by atoms with Gasteiger partial charge in [0.1, 0.15) is 48.0 Å². The van der Waals surface area contributed by atoms with Crippen LogP contribution in [0.3, 0.4) is 0 Å². The normalized spacial score (nSPS) is 24.3. The number of benzene rings is 1. The lowest BCUT2D eigenvalue weighted by Crippen LogP contribution is -2.41. The number of hydrogen-bond acceptors (Lipinski definition) is 12. The van der Waals surface area contributed by atoms with E-state index in [4.69, 9.17) is 24.3 Å². The molecular weight excluding hydrogens is 567 g/mol. The molecule has 6 atom stereocenters. The fourth-order valence-corrected chi connectivity index (χ4v) is 6.07. The summed E-state index contributed by atoms with van der Waals surface area (Å²) in [6, 6.07) is 12.0. The number of fused-ring (bicyclic) bond motifs is 1. The Kier molecular flexibility index (Phi) is 9.83. The molecule has 5 N–H and O–H groups in total. The predicted octanol–water partition coefficient (Wildman–Crippen LogP) is 2.31. The van der Waals surface area contributed by atoms with Gasteiger partial charge in [-0.1, -0.05) is 44.9 Å². The molecule has 0 spiro atoms. The topological polar surface area (TPSA) is 204 Å². The van der Waals surface area contributed by atoms with Crippen molar-refractivity contribution >= 4 is 25.1 Å². The van der Waals surface area contributed by atoms with Gasteiger partial charge in [-0.15, -0.1) is 0 Å². The first-order valence-electron chi connectivity index (χ1n) is 13.5. The van der Waals surface area contributed by atoms with Gasteiger partial charge >= 0.3 is 13.7 Å². The smallest absolute Gasteiger partial charge is 0.459 e. The van der Waals surface area contributed by atoms with Crippen LogP contribution in [0.4, 0.5) is 5.82 Å². The number of aliphatic hydroxyl groups is 2. The van der Waals surface area contributed by atoms with E-state index in [-0.39, 0.29) is 29.8 Å². The van der Waals surface area contributed by atoms with E-state index in [1.807, 2.05) is 19.9 Å². The molecule has 1 saturated heterocycles. The number of nitrogen functional groups attached to an aromatic ring is 1. The molecule has 14 nitrogen and oxygen atoms in total. The van der Waals surface area contributed by atoms with Gasteiger partial charge in [0.2, 0.25) is 5.60 Å². The van der Waals surface area contributed by atoms with E-state index >= 15 is 0 Å². The molecule has 0 bridgehead atoms. The third-order valence-corrected chi connectivity index (χ3v) is 8.83. The molecule has 1 aliphatic heterocycles. The van der Waals surface area contributed by atoms with Crippen molar-refractivity contribution in [3.05, 3.63) is 54.5 Å². The maximum absolute atomic E-state index is 13.9. The zero-order chi connectivity index (χ0) is 30.5. The van der Waals surface area contributed by atoms with Crippen molar-refractivity contribution in [3.63, 3.8) is 0 Å². The largest absolute Gasteiger partial charge is 0.464 e. The van der Waals surface area contributed by atoms with Crippen LogP contribution in [-0.4, -0.2) is 68.3 Å². The van der Waals surface area contributed by atoms with Crippen molar-refractivity contribution in [2.24, 2.45) is 5.92 Å². The zero-order valence-corrected chi connectivity index (χ0v) is 24.4. The molecule has 0 amide bonds. The Hall–Kier alpha value is -3.57. The van der Waals surface area contributed by atoms with Crippen molar-refractivity contribution in [3.8, 4) is 11.8 Å². The van der Waals surface area contributed by atoms with Crippen LogP contribution in [-0.2, 0) is 29.0 Å². The molecule has 3 aromatic rings. The molecule has 0 radical (unpaired) electrons. The maximum Gasteiger partial charge on any atom is 0.459 e. The van der Waals surface area contributed by atoms with Crippen molar-refractivity contribution < 1.29 is 38.1 Å². The lowest BCUT2D eigenvalue weighted by atomic mass is 9.92. The molecule has 226 valence electrons. The lowest BCUT2D eigenvalue weighted by molar-refractivity contribution is -0.146. The van der Waals surface area contributed by atoms with Crippen LogP contribution in [0.15, 0.2) is 48.8 Å². The van der Waals surface area contributed by atoms with Crippen LogP contribution in [0.5, 0.6) is 5.75 Å². The van der Waals surface area contributed by atoms with E-state index in [2.05, 4.69) is 15.2 Å². The highest BCUT2D eigenvalue weighted by molar-refractivity contribution is 7.52. The number of esters is 1. The zero-order valence-electron chi connectivity index (χ0n) is 23.5. The number of aliphatic hydroxyl groups excluding tert-OH is 2. The van der Waals surface area contributed by atoms with Gasteiger partial charge in [0, 0.05) is 0 Å².